The van der Waals surface area contributed by atoms with E-state index in [1.807, 2.05) is 54.6 Å². The number of para-hydroxylation sites is 2. The number of nitriles is 1. The number of fused-ring (bicyclic) bond motifs is 12. The van der Waals surface area contributed by atoms with E-state index in [1.54, 1.807) is 0 Å². The second kappa shape index (κ2) is 9.19. The fraction of sp³-hybridized carbons (Fsp3) is 0.0698. The summed E-state index contributed by atoms with van der Waals surface area (Å²) in [5.74, 6) is 0. The van der Waals surface area contributed by atoms with Crippen molar-refractivity contribution in [1.29, 1.82) is 5.26 Å². The van der Waals surface area contributed by atoms with Crippen LogP contribution in [0.4, 0.5) is 0 Å². The van der Waals surface area contributed by atoms with Crippen LogP contribution in [-0.2, 0) is 5.41 Å². The fourth-order valence-corrected chi connectivity index (χ4v) is 7.80. The molecule has 0 N–H and O–H groups in total. The molecule has 0 radical (unpaired) electrons. The van der Waals surface area contributed by atoms with Crippen molar-refractivity contribution in [2.75, 3.05) is 0 Å². The van der Waals surface area contributed by atoms with Crippen LogP contribution in [0.25, 0.3) is 88.3 Å². The van der Waals surface area contributed by atoms with Gasteiger partial charge in [0.05, 0.1) is 33.6 Å². The van der Waals surface area contributed by atoms with E-state index < -0.39 is 0 Å². The Morgan fingerprint density at radius 1 is 0.574 bits per heavy atom. The highest BCUT2D eigenvalue weighted by molar-refractivity contribution is 6.29. The van der Waals surface area contributed by atoms with E-state index >= 15 is 0 Å². The number of aromatic nitrogens is 1. The Bertz CT molecular complexity index is 2840. The maximum Gasteiger partial charge on any atom is 0.147 e. The fourth-order valence-electron chi connectivity index (χ4n) is 7.80. The molecule has 0 bridgehead atoms. The van der Waals surface area contributed by atoms with Crippen LogP contribution in [0.3, 0.4) is 0 Å². The number of benzene rings is 6. The lowest BCUT2D eigenvalue weighted by Crippen LogP contribution is -2.15. The van der Waals surface area contributed by atoms with Gasteiger partial charge in [-0.1, -0.05) is 86.6 Å². The first-order valence-electron chi connectivity index (χ1n) is 15.9. The third-order valence-electron chi connectivity index (χ3n) is 10.1. The van der Waals surface area contributed by atoms with Gasteiger partial charge in [0.25, 0.3) is 0 Å². The lowest BCUT2D eigenvalue weighted by atomic mass is 9.81. The molecule has 1 aliphatic rings. The minimum Gasteiger partial charge on any atom is -0.456 e. The Labute approximate surface area is 270 Å². The van der Waals surface area contributed by atoms with Gasteiger partial charge in [0, 0.05) is 27.1 Å². The van der Waals surface area contributed by atoms with E-state index in [0.29, 0.717) is 5.56 Å². The summed E-state index contributed by atoms with van der Waals surface area (Å²) in [4.78, 5) is 5.36. The van der Waals surface area contributed by atoms with Crippen LogP contribution in [-0.4, -0.2) is 4.98 Å². The summed E-state index contributed by atoms with van der Waals surface area (Å²) < 4.78 is 12.9. The molecule has 6 aromatic carbocycles. The molecular weight excluding hydrogens is 576 g/mol. The lowest BCUT2D eigenvalue weighted by molar-refractivity contribution is 0.660. The molecule has 4 nitrogen and oxygen atoms in total. The third-order valence-corrected chi connectivity index (χ3v) is 10.1. The molecule has 0 aliphatic heterocycles. The van der Waals surface area contributed by atoms with Crippen molar-refractivity contribution in [3.63, 3.8) is 0 Å². The van der Waals surface area contributed by atoms with Crippen LogP contribution in [0.2, 0.25) is 0 Å². The minimum atomic E-state index is -0.213. The highest BCUT2D eigenvalue weighted by Gasteiger charge is 2.36. The zero-order valence-electron chi connectivity index (χ0n) is 25.8. The highest BCUT2D eigenvalue weighted by Crippen LogP contribution is 2.50. The quantitative estimate of drug-likeness (QED) is 0.197. The second-order valence-electron chi connectivity index (χ2n) is 13.0. The summed E-state index contributed by atoms with van der Waals surface area (Å²) in [6.45, 7) is 4.50. The standard InChI is InChI=1S/C43H26N2O2/c1-43(2)32-20-24(23-44)14-16-28(32)29-17-15-26(22-33(29)43)25-8-7-9-27(21-25)41-39-31-11-4-6-13-36(31)47-42(39)40-34(45-41)18-19-37-38(40)30-10-3-5-12-35(30)46-37/h3-22H,1-2H3. The smallest absolute Gasteiger partial charge is 0.147 e. The average Bonchev–Trinajstić information content (AvgIpc) is 3.76. The molecule has 3 aromatic heterocycles. The van der Waals surface area contributed by atoms with E-state index in [2.05, 4.69) is 86.6 Å². The van der Waals surface area contributed by atoms with Gasteiger partial charge in [-0.15, -0.1) is 0 Å². The predicted octanol–water partition coefficient (Wildman–Crippen LogP) is 11.5. The number of nitrogens with zero attached hydrogens (tertiary/aromatic N) is 2. The summed E-state index contributed by atoms with van der Waals surface area (Å²) in [5.41, 5.74) is 13.8. The van der Waals surface area contributed by atoms with Crippen molar-refractivity contribution in [3.05, 3.63) is 138 Å². The highest BCUT2D eigenvalue weighted by atomic mass is 16.3. The normalized spacial score (nSPS) is 13.5. The molecule has 10 rings (SSSR count). The van der Waals surface area contributed by atoms with Gasteiger partial charge in [0.2, 0.25) is 0 Å². The number of hydrogen-bond acceptors (Lipinski definition) is 4. The number of hydrogen-bond donors (Lipinski definition) is 0. The van der Waals surface area contributed by atoms with Crippen molar-refractivity contribution in [2.24, 2.45) is 0 Å². The number of rotatable bonds is 2. The molecule has 0 amide bonds. The summed E-state index contributed by atoms with van der Waals surface area (Å²) in [7, 11) is 0. The molecule has 0 saturated heterocycles. The van der Waals surface area contributed by atoms with Crippen LogP contribution in [0.5, 0.6) is 0 Å². The Morgan fingerprint density at radius 2 is 1.26 bits per heavy atom. The molecule has 4 heteroatoms. The number of furan rings is 2. The molecule has 3 heterocycles. The van der Waals surface area contributed by atoms with Crippen LogP contribution in [0.1, 0.15) is 30.5 Å². The van der Waals surface area contributed by atoms with Gasteiger partial charge in [-0.05, 0) is 81.9 Å². The Hall–Kier alpha value is -6.18. The van der Waals surface area contributed by atoms with Gasteiger partial charge in [-0.3, -0.25) is 0 Å². The largest absolute Gasteiger partial charge is 0.456 e. The second-order valence-corrected chi connectivity index (χ2v) is 13.0. The maximum absolute atomic E-state index is 9.55. The van der Waals surface area contributed by atoms with Crippen LogP contribution >= 0.6 is 0 Å². The molecule has 47 heavy (non-hydrogen) atoms. The summed E-state index contributed by atoms with van der Waals surface area (Å²) in [6.07, 6.45) is 0. The topological polar surface area (TPSA) is 63.0 Å². The van der Waals surface area contributed by atoms with Crippen molar-refractivity contribution in [1.82, 2.24) is 4.98 Å². The monoisotopic (exact) mass is 602 g/mol. The lowest BCUT2D eigenvalue weighted by Gasteiger charge is -2.22. The SMILES string of the molecule is CC1(C)c2cc(C#N)ccc2-c2ccc(-c3cccc(-c4nc5ccc6oc7ccccc7c6c5c5oc6ccccc6c45)c3)cc21. The molecule has 220 valence electrons. The van der Waals surface area contributed by atoms with Crippen molar-refractivity contribution < 1.29 is 8.83 Å². The first kappa shape index (κ1) is 26.1. The van der Waals surface area contributed by atoms with Crippen molar-refractivity contribution in [2.45, 2.75) is 19.3 Å². The summed E-state index contributed by atoms with van der Waals surface area (Å²) >= 11 is 0. The van der Waals surface area contributed by atoms with Crippen LogP contribution < -0.4 is 0 Å². The first-order chi connectivity index (χ1) is 23.0. The minimum absolute atomic E-state index is 0.213. The van der Waals surface area contributed by atoms with Crippen molar-refractivity contribution in [3.8, 4) is 39.6 Å². The molecular formula is C43H26N2O2. The Balaban J connectivity index is 1.20. The molecule has 0 atom stereocenters. The maximum atomic E-state index is 9.55. The van der Waals surface area contributed by atoms with Crippen molar-refractivity contribution >= 4 is 54.8 Å². The molecule has 1 aliphatic carbocycles. The number of pyridine rings is 1. The van der Waals surface area contributed by atoms with Gasteiger partial charge in [0.15, 0.2) is 0 Å². The van der Waals surface area contributed by atoms with E-state index in [-0.39, 0.29) is 5.41 Å². The van der Waals surface area contributed by atoms with E-state index in [1.165, 1.54) is 22.3 Å². The zero-order valence-corrected chi connectivity index (χ0v) is 25.8. The van der Waals surface area contributed by atoms with E-state index in [9.17, 15) is 5.26 Å². The molecule has 0 spiro atoms. The van der Waals surface area contributed by atoms with Gasteiger partial charge < -0.3 is 8.83 Å². The van der Waals surface area contributed by atoms with Gasteiger partial charge in [-0.25, -0.2) is 4.98 Å². The molecule has 0 fully saturated rings. The van der Waals surface area contributed by atoms with Gasteiger partial charge in [0.1, 0.15) is 22.3 Å². The summed E-state index contributed by atoms with van der Waals surface area (Å²) in [6, 6.07) is 44.2. The van der Waals surface area contributed by atoms with E-state index in [0.717, 1.165) is 77.2 Å². The van der Waals surface area contributed by atoms with Crippen LogP contribution in [0.15, 0.2) is 130 Å². The third kappa shape index (κ3) is 3.54. The van der Waals surface area contributed by atoms with E-state index in [4.69, 9.17) is 13.8 Å². The van der Waals surface area contributed by atoms with Gasteiger partial charge in [-0.2, -0.15) is 5.26 Å². The first-order valence-corrected chi connectivity index (χ1v) is 15.9. The summed E-state index contributed by atoms with van der Waals surface area (Å²) in [5, 5.41) is 14.6. The zero-order chi connectivity index (χ0) is 31.4. The molecule has 9 aromatic rings. The van der Waals surface area contributed by atoms with Gasteiger partial charge >= 0.3 is 0 Å². The predicted molar refractivity (Wildman–Crippen MR) is 189 cm³/mol. The Kier molecular flexibility index (Phi) is 5.10. The molecule has 0 unspecified atom stereocenters. The average molecular weight is 603 g/mol. The Morgan fingerprint density at radius 3 is 2.06 bits per heavy atom. The van der Waals surface area contributed by atoms with Crippen LogP contribution in [0, 0.1) is 11.3 Å². The molecule has 0 saturated carbocycles.